The number of rotatable bonds is 10. The van der Waals surface area contributed by atoms with Crippen LogP contribution in [0.1, 0.15) is 40.5 Å². The number of carbonyl (C=O) groups is 3. The van der Waals surface area contributed by atoms with Crippen LogP contribution in [0.2, 0.25) is 0 Å². The van der Waals surface area contributed by atoms with Gasteiger partial charge in [0.2, 0.25) is 5.91 Å². The molecule has 3 aromatic carbocycles. The minimum absolute atomic E-state index is 0.0838. The Bertz CT molecular complexity index is 1100. The summed E-state index contributed by atoms with van der Waals surface area (Å²) < 4.78 is 11.3. The van der Waals surface area contributed by atoms with Gasteiger partial charge in [-0.2, -0.15) is 0 Å². The van der Waals surface area contributed by atoms with Crippen molar-refractivity contribution >= 4 is 23.4 Å². The molecule has 8 nitrogen and oxygen atoms in total. The molecular weight excluding hydrogens is 434 g/mol. The number of para-hydroxylation sites is 2. The number of nitrogens with one attached hydrogen (secondary N) is 3. The first kappa shape index (κ1) is 24.3. The Morgan fingerprint density at radius 3 is 2.12 bits per heavy atom. The van der Waals surface area contributed by atoms with Gasteiger partial charge in [-0.15, -0.1) is 0 Å². The topological polar surface area (TPSA) is 106 Å². The van der Waals surface area contributed by atoms with Gasteiger partial charge in [0, 0.05) is 17.7 Å². The molecule has 0 atom stereocenters. The van der Waals surface area contributed by atoms with Crippen LogP contribution in [0, 0.1) is 0 Å². The minimum Gasteiger partial charge on any atom is -0.490 e. The normalized spacial score (nSPS) is 10.1. The molecule has 0 saturated heterocycles. The molecule has 0 unspecified atom stereocenters. The summed E-state index contributed by atoms with van der Waals surface area (Å²) >= 11 is 0. The predicted octanol–water partition coefficient (Wildman–Crippen LogP) is 3.96. The molecule has 3 aromatic rings. The Kier molecular flexibility index (Phi) is 9.04. The van der Waals surface area contributed by atoms with Gasteiger partial charge in [-0.05, 0) is 55.0 Å². The summed E-state index contributed by atoms with van der Waals surface area (Å²) in [7, 11) is 0. The Balaban J connectivity index is 1.49. The fourth-order valence-corrected chi connectivity index (χ4v) is 3.02. The van der Waals surface area contributed by atoms with Gasteiger partial charge in [-0.25, -0.2) is 0 Å². The van der Waals surface area contributed by atoms with E-state index >= 15 is 0 Å². The SMILES string of the molecule is CCCC(=O)Nc1ccc(C(=O)NNC(=O)c2ccccc2OCCOc2ccccc2)cc1. The lowest BCUT2D eigenvalue weighted by molar-refractivity contribution is -0.116. The maximum absolute atomic E-state index is 12.6. The second-order valence-electron chi connectivity index (χ2n) is 7.29. The van der Waals surface area contributed by atoms with Gasteiger partial charge in [0.15, 0.2) is 0 Å². The molecule has 34 heavy (non-hydrogen) atoms. The van der Waals surface area contributed by atoms with Crippen molar-refractivity contribution in [2.45, 2.75) is 19.8 Å². The monoisotopic (exact) mass is 461 g/mol. The van der Waals surface area contributed by atoms with Crippen LogP contribution in [-0.4, -0.2) is 30.9 Å². The molecule has 3 amide bonds. The van der Waals surface area contributed by atoms with E-state index in [0.29, 0.717) is 30.0 Å². The second-order valence-corrected chi connectivity index (χ2v) is 7.29. The number of hydrazine groups is 1. The van der Waals surface area contributed by atoms with Gasteiger partial charge in [0.25, 0.3) is 11.8 Å². The molecule has 0 aromatic heterocycles. The van der Waals surface area contributed by atoms with E-state index in [9.17, 15) is 14.4 Å². The van der Waals surface area contributed by atoms with Crippen molar-refractivity contribution in [1.29, 1.82) is 0 Å². The molecular formula is C26H27N3O5. The van der Waals surface area contributed by atoms with Crippen molar-refractivity contribution < 1.29 is 23.9 Å². The Hall–Kier alpha value is -4.33. The summed E-state index contributed by atoms with van der Waals surface area (Å²) in [4.78, 5) is 36.7. The van der Waals surface area contributed by atoms with Crippen LogP contribution in [0.3, 0.4) is 0 Å². The molecule has 3 rings (SSSR count). The van der Waals surface area contributed by atoms with E-state index in [-0.39, 0.29) is 18.1 Å². The van der Waals surface area contributed by atoms with Crippen LogP contribution in [-0.2, 0) is 4.79 Å². The highest BCUT2D eigenvalue weighted by Gasteiger charge is 2.14. The first-order valence-corrected chi connectivity index (χ1v) is 11.0. The molecule has 0 fully saturated rings. The molecule has 0 aliphatic rings. The Morgan fingerprint density at radius 1 is 0.735 bits per heavy atom. The lowest BCUT2D eigenvalue weighted by Crippen LogP contribution is -2.41. The standard InChI is InChI=1S/C26H27N3O5/c1-2-8-24(30)27-20-15-13-19(14-16-20)25(31)28-29-26(32)22-11-6-7-12-23(22)34-18-17-33-21-9-4-3-5-10-21/h3-7,9-16H,2,8,17-18H2,1H3,(H,27,30)(H,28,31)(H,29,32). The van der Waals surface area contributed by atoms with E-state index in [4.69, 9.17) is 9.47 Å². The lowest BCUT2D eigenvalue weighted by Gasteiger charge is -2.13. The maximum atomic E-state index is 12.6. The molecule has 0 aliphatic carbocycles. The fraction of sp³-hybridized carbons (Fsp3) is 0.192. The molecule has 8 heteroatoms. The third-order valence-electron chi connectivity index (χ3n) is 4.68. The van der Waals surface area contributed by atoms with Gasteiger partial charge < -0.3 is 14.8 Å². The number of hydrogen-bond donors (Lipinski definition) is 3. The van der Waals surface area contributed by atoms with Crippen LogP contribution in [0.5, 0.6) is 11.5 Å². The summed E-state index contributed by atoms with van der Waals surface area (Å²) in [6.45, 7) is 2.48. The zero-order valence-corrected chi connectivity index (χ0v) is 18.9. The average molecular weight is 462 g/mol. The third-order valence-corrected chi connectivity index (χ3v) is 4.68. The van der Waals surface area contributed by atoms with Crippen molar-refractivity contribution in [1.82, 2.24) is 10.9 Å². The van der Waals surface area contributed by atoms with Crippen LogP contribution in [0.25, 0.3) is 0 Å². The number of benzene rings is 3. The van der Waals surface area contributed by atoms with E-state index in [1.807, 2.05) is 37.3 Å². The van der Waals surface area contributed by atoms with Crippen LogP contribution >= 0.6 is 0 Å². The highest BCUT2D eigenvalue weighted by atomic mass is 16.5. The summed E-state index contributed by atoms with van der Waals surface area (Å²) in [6, 6.07) is 22.5. The quantitative estimate of drug-likeness (QED) is 0.313. The van der Waals surface area contributed by atoms with Crippen molar-refractivity contribution in [3.63, 3.8) is 0 Å². The average Bonchev–Trinajstić information content (AvgIpc) is 2.86. The van der Waals surface area contributed by atoms with Crippen molar-refractivity contribution in [2.75, 3.05) is 18.5 Å². The third kappa shape index (κ3) is 7.37. The smallest absolute Gasteiger partial charge is 0.273 e. The molecule has 176 valence electrons. The van der Waals surface area contributed by atoms with E-state index in [2.05, 4.69) is 16.2 Å². The summed E-state index contributed by atoms with van der Waals surface area (Å²) in [6.07, 6.45) is 1.18. The zero-order valence-electron chi connectivity index (χ0n) is 18.9. The molecule has 0 bridgehead atoms. The molecule has 0 radical (unpaired) electrons. The molecule has 0 saturated carbocycles. The summed E-state index contributed by atoms with van der Waals surface area (Å²) in [5, 5.41) is 2.75. The largest absolute Gasteiger partial charge is 0.490 e. The van der Waals surface area contributed by atoms with E-state index in [1.54, 1.807) is 48.5 Å². The minimum atomic E-state index is -0.517. The van der Waals surface area contributed by atoms with Gasteiger partial charge in [-0.3, -0.25) is 25.2 Å². The molecule has 0 spiro atoms. The van der Waals surface area contributed by atoms with Gasteiger partial charge >= 0.3 is 0 Å². The van der Waals surface area contributed by atoms with E-state index < -0.39 is 11.8 Å². The van der Waals surface area contributed by atoms with E-state index in [1.165, 1.54) is 0 Å². The summed E-state index contributed by atoms with van der Waals surface area (Å²) in [5.41, 5.74) is 5.99. The van der Waals surface area contributed by atoms with Crippen molar-refractivity contribution in [3.8, 4) is 11.5 Å². The van der Waals surface area contributed by atoms with Crippen molar-refractivity contribution in [2.24, 2.45) is 0 Å². The summed E-state index contributed by atoms with van der Waals surface area (Å²) in [5.74, 6) is 0.0135. The van der Waals surface area contributed by atoms with E-state index in [0.717, 1.165) is 12.2 Å². The number of anilines is 1. The Morgan fingerprint density at radius 2 is 1.38 bits per heavy atom. The van der Waals surface area contributed by atoms with Crippen LogP contribution < -0.4 is 25.6 Å². The number of ether oxygens (including phenoxy) is 2. The first-order valence-electron chi connectivity index (χ1n) is 11.0. The molecule has 0 heterocycles. The number of carbonyl (C=O) groups excluding carboxylic acids is 3. The fourth-order valence-electron chi connectivity index (χ4n) is 3.02. The van der Waals surface area contributed by atoms with Gasteiger partial charge in [-0.1, -0.05) is 37.3 Å². The number of amides is 3. The van der Waals surface area contributed by atoms with Crippen molar-refractivity contribution in [3.05, 3.63) is 90.0 Å². The second kappa shape index (κ2) is 12.6. The number of hydrogen-bond acceptors (Lipinski definition) is 5. The molecule has 0 aliphatic heterocycles. The van der Waals surface area contributed by atoms with Crippen LogP contribution in [0.4, 0.5) is 5.69 Å². The highest BCUT2D eigenvalue weighted by molar-refractivity contribution is 6.00. The first-order chi connectivity index (χ1) is 16.6. The highest BCUT2D eigenvalue weighted by Crippen LogP contribution is 2.18. The zero-order chi connectivity index (χ0) is 24.2. The molecule has 3 N–H and O–H groups in total. The maximum Gasteiger partial charge on any atom is 0.273 e. The van der Waals surface area contributed by atoms with Gasteiger partial charge in [0.05, 0.1) is 5.56 Å². The van der Waals surface area contributed by atoms with Crippen LogP contribution in [0.15, 0.2) is 78.9 Å². The van der Waals surface area contributed by atoms with Gasteiger partial charge in [0.1, 0.15) is 24.7 Å². The Labute approximate surface area is 198 Å². The lowest BCUT2D eigenvalue weighted by atomic mass is 10.2. The predicted molar refractivity (Wildman–Crippen MR) is 129 cm³/mol.